The molecule has 0 atom stereocenters. The van der Waals surface area contributed by atoms with Crippen molar-refractivity contribution in [2.75, 3.05) is 6.61 Å². The predicted molar refractivity (Wildman–Crippen MR) is 61.4 cm³/mol. The van der Waals surface area contributed by atoms with Gasteiger partial charge in [-0.05, 0) is 18.8 Å². The molecule has 0 unspecified atom stereocenters. The summed E-state index contributed by atoms with van der Waals surface area (Å²) in [5, 5.41) is 9.20. The standard InChI is InChI=1S/C13H26O/c14-12-13-10-8-6-4-2-1-3-5-7-9-11-13/h13-14H,1-12H2. The van der Waals surface area contributed by atoms with Crippen LogP contribution in [0, 0.1) is 5.92 Å². The van der Waals surface area contributed by atoms with E-state index in [2.05, 4.69) is 0 Å². The van der Waals surface area contributed by atoms with Crippen molar-refractivity contribution < 1.29 is 5.11 Å². The fourth-order valence-electron chi connectivity index (χ4n) is 2.43. The van der Waals surface area contributed by atoms with Crippen molar-refractivity contribution in [1.29, 1.82) is 0 Å². The Bertz CT molecular complexity index is 110. The Morgan fingerprint density at radius 1 is 0.643 bits per heavy atom. The van der Waals surface area contributed by atoms with Gasteiger partial charge in [-0.3, -0.25) is 0 Å². The van der Waals surface area contributed by atoms with E-state index < -0.39 is 0 Å². The van der Waals surface area contributed by atoms with Gasteiger partial charge in [0.25, 0.3) is 0 Å². The molecule has 0 saturated heterocycles. The third kappa shape index (κ3) is 5.64. The predicted octanol–water partition coefficient (Wildman–Crippen LogP) is 3.90. The minimum Gasteiger partial charge on any atom is -0.396 e. The SMILES string of the molecule is OCC1CCCCCCCCCCC1. The van der Waals surface area contributed by atoms with Crippen LogP contribution in [-0.2, 0) is 0 Å². The van der Waals surface area contributed by atoms with E-state index in [1.165, 1.54) is 70.6 Å². The summed E-state index contributed by atoms with van der Waals surface area (Å²) in [7, 11) is 0. The number of rotatable bonds is 1. The highest BCUT2D eigenvalue weighted by molar-refractivity contribution is 4.60. The van der Waals surface area contributed by atoms with Crippen LogP contribution < -0.4 is 0 Å². The summed E-state index contributed by atoms with van der Waals surface area (Å²) in [6.45, 7) is 0.417. The van der Waals surface area contributed by atoms with Crippen LogP contribution in [0.1, 0.15) is 70.6 Å². The normalized spacial score (nSPS) is 23.8. The molecule has 14 heavy (non-hydrogen) atoms. The van der Waals surface area contributed by atoms with E-state index in [4.69, 9.17) is 0 Å². The average molecular weight is 198 g/mol. The van der Waals surface area contributed by atoms with Crippen LogP contribution in [-0.4, -0.2) is 11.7 Å². The molecule has 0 aliphatic heterocycles. The monoisotopic (exact) mass is 198 g/mol. The third-order valence-corrected chi connectivity index (χ3v) is 3.48. The van der Waals surface area contributed by atoms with Crippen molar-refractivity contribution in [2.24, 2.45) is 5.92 Å². The molecule has 1 aliphatic rings. The van der Waals surface area contributed by atoms with E-state index >= 15 is 0 Å². The smallest absolute Gasteiger partial charge is 0.0459 e. The molecule has 1 N–H and O–H groups in total. The van der Waals surface area contributed by atoms with Gasteiger partial charge in [0.1, 0.15) is 0 Å². The maximum atomic E-state index is 9.20. The molecule has 0 aromatic heterocycles. The molecule has 1 nitrogen and oxygen atoms in total. The first-order valence-corrected chi connectivity index (χ1v) is 6.54. The molecule has 1 saturated carbocycles. The van der Waals surface area contributed by atoms with Gasteiger partial charge in [-0.1, -0.05) is 57.8 Å². The number of hydrogen-bond acceptors (Lipinski definition) is 1. The quantitative estimate of drug-likeness (QED) is 0.677. The van der Waals surface area contributed by atoms with E-state index in [0.29, 0.717) is 12.5 Å². The van der Waals surface area contributed by atoms with Crippen LogP contribution in [0.5, 0.6) is 0 Å². The van der Waals surface area contributed by atoms with Crippen LogP contribution in [0.2, 0.25) is 0 Å². The van der Waals surface area contributed by atoms with Gasteiger partial charge in [0.05, 0.1) is 0 Å². The molecule has 0 amide bonds. The molecule has 1 fully saturated rings. The summed E-state index contributed by atoms with van der Waals surface area (Å²) in [5.74, 6) is 0.606. The Morgan fingerprint density at radius 2 is 1.00 bits per heavy atom. The maximum absolute atomic E-state index is 9.20. The van der Waals surface area contributed by atoms with Gasteiger partial charge in [0.2, 0.25) is 0 Å². The molecular weight excluding hydrogens is 172 g/mol. The zero-order valence-electron chi connectivity index (χ0n) is 9.51. The van der Waals surface area contributed by atoms with Crippen LogP contribution in [0.15, 0.2) is 0 Å². The first-order chi connectivity index (χ1) is 6.93. The van der Waals surface area contributed by atoms with Gasteiger partial charge in [-0.2, -0.15) is 0 Å². The first kappa shape index (κ1) is 12.0. The van der Waals surface area contributed by atoms with Gasteiger partial charge in [0.15, 0.2) is 0 Å². The molecule has 0 spiro atoms. The van der Waals surface area contributed by atoms with Gasteiger partial charge in [0, 0.05) is 6.61 Å². The molecule has 0 heterocycles. The highest BCUT2D eigenvalue weighted by atomic mass is 16.3. The van der Waals surface area contributed by atoms with Crippen molar-refractivity contribution in [3.05, 3.63) is 0 Å². The van der Waals surface area contributed by atoms with Crippen molar-refractivity contribution >= 4 is 0 Å². The zero-order valence-corrected chi connectivity index (χ0v) is 9.51. The van der Waals surface area contributed by atoms with Crippen LogP contribution in [0.4, 0.5) is 0 Å². The van der Waals surface area contributed by atoms with Gasteiger partial charge < -0.3 is 5.11 Å². The summed E-state index contributed by atoms with van der Waals surface area (Å²) < 4.78 is 0. The van der Waals surface area contributed by atoms with Crippen molar-refractivity contribution in [3.8, 4) is 0 Å². The lowest BCUT2D eigenvalue weighted by molar-refractivity contribution is 0.203. The second kappa shape index (κ2) is 8.28. The van der Waals surface area contributed by atoms with E-state index in [0.717, 1.165) is 0 Å². The van der Waals surface area contributed by atoms with E-state index in [1.54, 1.807) is 0 Å². The number of aliphatic hydroxyl groups excluding tert-OH is 1. The fourth-order valence-corrected chi connectivity index (χ4v) is 2.43. The number of hydrogen-bond donors (Lipinski definition) is 1. The molecule has 1 heteroatoms. The third-order valence-electron chi connectivity index (χ3n) is 3.48. The zero-order chi connectivity index (χ0) is 10.1. The van der Waals surface area contributed by atoms with Crippen LogP contribution in [0.25, 0.3) is 0 Å². The lowest BCUT2D eigenvalue weighted by atomic mass is 9.93. The highest BCUT2D eigenvalue weighted by Crippen LogP contribution is 2.20. The van der Waals surface area contributed by atoms with E-state index in [1.807, 2.05) is 0 Å². The molecule has 84 valence electrons. The van der Waals surface area contributed by atoms with Gasteiger partial charge in [-0.15, -0.1) is 0 Å². The average Bonchev–Trinajstić information content (AvgIpc) is 2.19. The molecule has 0 aromatic rings. The summed E-state index contributed by atoms with van der Waals surface area (Å²) in [6.07, 6.45) is 15.1. The minimum absolute atomic E-state index is 0.417. The molecule has 1 rings (SSSR count). The molecular formula is C13H26O. The Morgan fingerprint density at radius 3 is 1.36 bits per heavy atom. The lowest BCUT2D eigenvalue weighted by Crippen LogP contribution is -2.06. The van der Waals surface area contributed by atoms with Crippen molar-refractivity contribution in [1.82, 2.24) is 0 Å². The van der Waals surface area contributed by atoms with Crippen molar-refractivity contribution in [2.45, 2.75) is 70.6 Å². The summed E-state index contributed by atoms with van der Waals surface area (Å²) in [6, 6.07) is 0. The van der Waals surface area contributed by atoms with E-state index in [-0.39, 0.29) is 0 Å². The summed E-state index contributed by atoms with van der Waals surface area (Å²) in [4.78, 5) is 0. The van der Waals surface area contributed by atoms with Crippen LogP contribution >= 0.6 is 0 Å². The Labute approximate surface area is 88.9 Å². The summed E-state index contributed by atoms with van der Waals surface area (Å²) >= 11 is 0. The first-order valence-electron chi connectivity index (χ1n) is 6.54. The Kier molecular flexibility index (Phi) is 7.12. The van der Waals surface area contributed by atoms with E-state index in [9.17, 15) is 5.11 Å². The Balaban J connectivity index is 2.17. The van der Waals surface area contributed by atoms with Crippen molar-refractivity contribution in [3.63, 3.8) is 0 Å². The lowest BCUT2D eigenvalue weighted by Gasteiger charge is -2.14. The molecule has 0 bridgehead atoms. The molecule has 1 aliphatic carbocycles. The fraction of sp³-hybridized carbons (Fsp3) is 1.00. The minimum atomic E-state index is 0.417. The van der Waals surface area contributed by atoms with Gasteiger partial charge in [-0.25, -0.2) is 0 Å². The van der Waals surface area contributed by atoms with Gasteiger partial charge >= 0.3 is 0 Å². The highest BCUT2D eigenvalue weighted by Gasteiger charge is 2.07. The van der Waals surface area contributed by atoms with Crippen LogP contribution in [0.3, 0.4) is 0 Å². The second-order valence-corrected chi connectivity index (χ2v) is 4.81. The topological polar surface area (TPSA) is 20.2 Å². The Hall–Kier alpha value is -0.0400. The maximum Gasteiger partial charge on any atom is 0.0459 e. The molecule has 0 aromatic carbocycles. The summed E-state index contributed by atoms with van der Waals surface area (Å²) in [5.41, 5.74) is 0. The number of aliphatic hydroxyl groups is 1. The molecule has 0 radical (unpaired) electrons. The second-order valence-electron chi connectivity index (χ2n) is 4.81. The largest absolute Gasteiger partial charge is 0.396 e.